The Bertz CT molecular complexity index is 895. The predicted octanol–water partition coefficient (Wildman–Crippen LogP) is 1.70. The molecule has 29 heavy (non-hydrogen) atoms. The molecule has 0 bridgehead atoms. The summed E-state index contributed by atoms with van der Waals surface area (Å²) >= 11 is 0. The fourth-order valence-corrected chi connectivity index (χ4v) is 3.45. The fraction of sp³-hybridized carbons (Fsp3) is 0.444. The first-order valence-corrected chi connectivity index (χ1v) is 10.3. The number of nitrogens with one attached hydrogen (secondary N) is 3. The Kier molecular flexibility index (Phi) is 10.6. The van der Waals surface area contributed by atoms with Crippen LogP contribution in [0.25, 0.3) is 0 Å². The zero-order valence-corrected chi connectivity index (χ0v) is 20.1. The summed E-state index contributed by atoms with van der Waals surface area (Å²) in [6.07, 6.45) is 0. The van der Waals surface area contributed by atoms with Crippen LogP contribution in [0.3, 0.4) is 0 Å². The second-order valence-electron chi connectivity index (χ2n) is 6.07. The van der Waals surface area contributed by atoms with Gasteiger partial charge in [-0.3, -0.25) is 4.99 Å². The molecule has 0 unspecified atom stereocenters. The summed E-state index contributed by atoms with van der Waals surface area (Å²) in [6.45, 7) is 5.09. The highest BCUT2D eigenvalue weighted by Gasteiger charge is 2.14. The van der Waals surface area contributed by atoms with Crippen LogP contribution in [0.1, 0.15) is 22.9 Å². The van der Waals surface area contributed by atoms with E-state index in [0.29, 0.717) is 31.5 Å². The molecule has 2 rings (SSSR count). The monoisotopic (exact) mass is 537 g/mol. The first-order valence-electron chi connectivity index (χ1n) is 8.80. The number of guanidine groups is 1. The number of ether oxygens (including phenoxy) is 1. The topological polar surface area (TPSA) is 118 Å². The van der Waals surface area contributed by atoms with Gasteiger partial charge in [-0.05, 0) is 31.5 Å². The van der Waals surface area contributed by atoms with Gasteiger partial charge in [-0.15, -0.1) is 24.0 Å². The number of sulfonamides is 1. The Labute approximate surface area is 188 Å². The molecule has 1 aromatic heterocycles. The zero-order valence-electron chi connectivity index (χ0n) is 17.0. The second-order valence-corrected chi connectivity index (χ2v) is 7.83. The molecule has 0 aliphatic carbocycles. The van der Waals surface area contributed by atoms with Gasteiger partial charge in [-0.25, -0.2) is 18.1 Å². The van der Waals surface area contributed by atoms with Gasteiger partial charge in [-0.2, -0.15) is 0 Å². The molecule has 11 heteroatoms. The molecule has 0 spiro atoms. The van der Waals surface area contributed by atoms with Crippen molar-refractivity contribution in [3.8, 4) is 0 Å². The zero-order chi connectivity index (χ0) is 20.6. The molecule has 0 amide bonds. The molecule has 0 aliphatic rings. The van der Waals surface area contributed by atoms with Crippen molar-refractivity contribution in [2.75, 3.05) is 27.3 Å². The first kappa shape index (κ1) is 25.3. The molecule has 162 valence electrons. The highest BCUT2D eigenvalue weighted by atomic mass is 127. The van der Waals surface area contributed by atoms with Crippen molar-refractivity contribution in [1.29, 1.82) is 0 Å². The van der Waals surface area contributed by atoms with Gasteiger partial charge in [-0.1, -0.05) is 12.1 Å². The standard InChI is InChI=1S/C18H27N5O4S.HI/c1-13-14(2)27-17(23-13)12-21-18(19-3)20-11-15-6-5-7-16(10-15)28(24,25)22-8-9-26-4;/h5-7,10,22H,8-9,11-12H2,1-4H3,(H2,19,20,21);1H. The van der Waals surface area contributed by atoms with E-state index in [9.17, 15) is 8.42 Å². The third-order valence-electron chi connectivity index (χ3n) is 3.97. The van der Waals surface area contributed by atoms with E-state index in [1.807, 2.05) is 19.9 Å². The number of aromatic nitrogens is 1. The van der Waals surface area contributed by atoms with Crippen LogP contribution in [0, 0.1) is 13.8 Å². The molecule has 9 nitrogen and oxygen atoms in total. The SMILES string of the molecule is CN=C(NCc1cccc(S(=O)(=O)NCCOC)c1)NCc1nc(C)c(C)o1.I. The van der Waals surface area contributed by atoms with E-state index in [-0.39, 0.29) is 35.4 Å². The lowest BCUT2D eigenvalue weighted by molar-refractivity contribution is 0.204. The van der Waals surface area contributed by atoms with E-state index in [0.717, 1.165) is 17.0 Å². The Morgan fingerprint density at radius 3 is 2.59 bits per heavy atom. The lowest BCUT2D eigenvalue weighted by Gasteiger charge is -2.12. The summed E-state index contributed by atoms with van der Waals surface area (Å²) in [4.78, 5) is 8.66. The molecular formula is C18H28IN5O4S. The highest BCUT2D eigenvalue weighted by molar-refractivity contribution is 14.0. The molecule has 0 fully saturated rings. The number of hydrogen-bond donors (Lipinski definition) is 3. The normalized spacial score (nSPS) is 11.8. The summed E-state index contributed by atoms with van der Waals surface area (Å²) in [5.74, 6) is 1.92. The number of hydrogen-bond acceptors (Lipinski definition) is 6. The van der Waals surface area contributed by atoms with Crippen LogP contribution in [0.4, 0.5) is 0 Å². The van der Waals surface area contributed by atoms with Crippen LogP contribution in [-0.4, -0.2) is 46.7 Å². The van der Waals surface area contributed by atoms with Gasteiger partial charge in [0.1, 0.15) is 5.76 Å². The van der Waals surface area contributed by atoms with Crippen LogP contribution >= 0.6 is 24.0 Å². The van der Waals surface area contributed by atoms with E-state index >= 15 is 0 Å². The van der Waals surface area contributed by atoms with Gasteiger partial charge in [0.2, 0.25) is 15.9 Å². The van der Waals surface area contributed by atoms with Crippen molar-refractivity contribution < 1.29 is 17.6 Å². The summed E-state index contributed by atoms with van der Waals surface area (Å²) in [7, 11) is -0.397. The second kappa shape index (κ2) is 12.1. The molecule has 0 atom stereocenters. The Hall–Kier alpha value is -1.70. The molecule has 0 saturated carbocycles. The van der Waals surface area contributed by atoms with E-state index in [2.05, 4.69) is 25.3 Å². The van der Waals surface area contributed by atoms with Crippen LogP contribution in [0.2, 0.25) is 0 Å². The van der Waals surface area contributed by atoms with Crippen molar-refractivity contribution in [1.82, 2.24) is 20.3 Å². The smallest absolute Gasteiger partial charge is 0.240 e. The average Bonchev–Trinajstić information content (AvgIpc) is 3.00. The molecule has 2 aromatic rings. The van der Waals surface area contributed by atoms with Crippen molar-refractivity contribution in [3.05, 3.63) is 47.2 Å². The number of methoxy groups -OCH3 is 1. The minimum absolute atomic E-state index is 0. The number of aliphatic imine (C=N–C) groups is 1. The number of nitrogens with zero attached hydrogens (tertiary/aromatic N) is 2. The molecule has 1 heterocycles. The van der Waals surface area contributed by atoms with Gasteiger partial charge >= 0.3 is 0 Å². The summed E-state index contributed by atoms with van der Waals surface area (Å²) in [5.41, 5.74) is 1.66. The van der Waals surface area contributed by atoms with E-state index in [4.69, 9.17) is 9.15 Å². The van der Waals surface area contributed by atoms with Crippen molar-refractivity contribution in [3.63, 3.8) is 0 Å². The lowest BCUT2D eigenvalue weighted by Crippen LogP contribution is -2.36. The maximum absolute atomic E-state index is 12.3. The van der Waals surface area contributed by atoms with Crippen LogP contribution in [-0.2, 0) is 27.8 Å². The van der Waals surface area contributed by atoms with Gasteiger partial charge in [0.15, 0.2) is 5.96 Å². The molecule has 3 N–H and O–H groups in total. The van der Waals surface area contributed by atoms with E-state index < -0.39 is 10.0 Å². The van der Waals surface area contributed by atoms with Crippen molar-refractivity contribution >= 4 is 40.0 Å². The summed E-state index contributed by atoms with van der Waals surface area (Å²) in [5, 5.41) is 6.26. The Morgan fingerprint density at radius 1 is 1.24 bits per heavy atom. The minimum atomic E-state index is -3.57. The number of oxazole rings is 1. The number of rotatable bonds is 9. The largest absolute Gasteiger partial charge is 0.444 e. The van der Waals surface area contributed by atoms with Gasteiger partial charge < -0.3 is 19.8 Å². The van der Waals surface area contributed by atoms with Crippen molar-refractivity contribution in [2.45, 2.75) is 31.8 Å². The van der Waals surface area contributed by atoms with Crippen molar-refractivity contribution in [2.24, 2.45) is 4.99 Å². The van der Waals surface area contributed by atoms with Crippen LogP contribution in [0.15, 0.2) is 38.6 Å². The molecule has 0 saturated heterocycles. The molecule has 0 radical (unpaired) electrons. The first-order chi connectivity index (χ1) is 13.4. The minimum Gasteiger partial charge on any atom is -0.444 e. The van der Waals surface area contributed by atoms with E-state index in [1.54, 1.807) is 25.2 Å². The van der Waals surface area contributed by atoms with Crippen LogP contribution in [0.5, 0.6) is 0 Å². The molecule has 1 aromatic carbocycles. The Balaban J connectivity index is 0.00000420. The third kappa shape index (κ3) is 7.91. The fourth-order valence-electron chi connectivity index (χ4n) is 2.36. The number of halogens is 1. The molecule has 0 aliphatic heterocycles. The summed E-state index contributed by atoms with van der Waals surface area (Å²) in [6, 6.07) is 6.72. The number of benzene rings is 1. The average molecular weight is 537 g/mol. The van der Waals surface area contributed by atoms with E-state index in [1.165, 1.54) is 7.11 Å². The highest BCUT2D eigenvalue weighted by Crippen LogP contribution is 2.11. The lowest BCUT2D eigenvalue weighted by atomic mass is 10.2. The summed E-state index contributed by atoms with van der Waals surface area (Å²) < 4.78 is 37.5. The predicted molar refractivity (Wildman–Crippen MR) is 122 cm³/mol. The van der Waals surface area contributed by atoms with Crippen LogP contribution < -0.4 is 15.4 Å². The van der Waals surface area contributed by atoms with Gasteiger partial charge in [0.05, 0.1) is 23.7 Å². The maximum Gasteiger partial charge on any atom is 0.240 e. The number of aryl methyl sites for hydroxylation is 2. The quantitative estimate of drug-likeness (QED) is 0.193. The van der Waals surface area contributed by atoms with Gasteiger partial charge in [0.25, 0.3) is 0 Å². The molecular weight excluding hydrogens is 509 g/mol. The maximum atomic E-state index is 12.3. The Morgan fingerprint density at radius 2 is 1.97 bits per heavy atom. The third-order valence-corrected chi connectivity index (χ3v) is 5.43. The van der Waals surface area contributed by atoms with Gasteiger partial charge in [0, 0.05) is 27.2 Å².